The van der Waals surface area contributed by atoms with Crippen molar-refractivity contribution in [3.63, 3.8) is 0 Å². The van der Waals surface area contributed by atoms with Crippen molar-refractivity contribution in [2.75, 3.05) is 5.32 Å². The molecule has 2 atom stereocenters. The summed E-state index contributed by atoms with van der Waals surface area (Å²) < 4.78 is 10.1. The van der Waals surface area contributed by atoms with E-state index >= 15 is 0 Å². The number of ketones is 1. The number of ether oxygens (including phenoxy) is 1. The molecule has 0 saturated carbocycles. The van der Waals surface area contributed by atoms with Gasteiger partial charge in [-0.05, 0) is 50.2 Å². The average molecular weight is 414 g/mol. The Morgan fingerprint density at radius 3 is 2.17 bits per heavy atom. The van der Waals surface area contributed by atoms with E-state index < -0.39 is 35.2 Å². The van der Waals surface area contributed by atoms with Crippen LogP contribution in [0.4, 0.5) is 5.69 Å². The molecule has 8 heteroatoms. The standard InChI is InChI=1S/C22H26N2O6/c1-13(23-19(26)17-7-6-12-29-17)20(27)30-14(2)18(25)15-8-10-16(11-9-15)24-21(28)22(3,4)5/h6-14H,1-5H3,(H,23,26)(H,24,28)/t13-,14?/m0/s1. The van der Waals surface area contributed by atoms with Gasteiger partial charge >= 0.3 is 5.97 Å². The van der Waals surface area contributed by atoms with Gasteiger partial charge in [0.25, 0.3) is 5.91 Å². The predicted octanol–water partition coefficient (Wildman–Crippen LogP) is 3.20. The number of benzene rings is 1. The van der Waals surface area contributed by atoms with Crippen LogP contribution in [0, 0.1) is 5.41 Å². The SMILES string of the molecule is CC(OC(=O)[C@H](C)NC(=O)c1ccco1)C(=O)c1ccc(NC(=O)C(C)(C)C)cc1. The van der Waals surface area contributed by atoms with E-state index in [-0.39, 0.29) is 11.7 Å². The molecule has 160 valence electrons. The van der Waals surface area contributed by atoms with Crippen LogP contribution in [-0.4, -0.2) is 35.7 Å². The Morgan fingerprint density at radius 1 is 1.00 bits per heavy atom. The Kier molecular flexibility index (Phi) is 7.15. The minimum atomic E-state index is -1.05. The van der Waals surface area contributed by atoms with Crippen molar-refractivity contribution in [3.05, 3.63) is 54.0 Å². The minimum absolute atomic E-state index is 0.0671. The van der Waals surface area contributed by atoms with E-state index in [1.807, 2.05) is 0 Å². The van der Waals surface area contributed by atoms with Crippen LogP contribution in [0.2, 0.25) is 0 Å². The number of anilines is 1. The third kappa shape index (κ3) is 6.04. The van der Waals surface area contributed by atoms with Gasteiger partial charge in [0.05, 0.1) is 6.26 Å². The van der Waals surface area contributed by atoms with Crippen LogP contribution in [-0.2, 0) is 14.3 Å². The van der Waals surface area contributed by atoms with E-state index in [0.717, 1.165) is 0 Å². The van der Waals surface area contributed by atoms with Crippen LogP contribution in [0.1, 0.15) is 55.5 Å². The monoisotopic (exact) mass is 414 g/mol. The summed E-state index contributed by atoms with van der Waals surface area (Å²) >= 11 is 0. The quantitative estimate of drug-likeness (QED) is 0.531. The zero-order valence-corrected chi connectivity index (χ0v) is 17.6. The van der Waals surface area contributed by atoms with Crippen LogP contribution >= 0.6 is 0 Å². The lowest BCUT2D eigenvalue weighted by Gasteiger charge is -2.18. The number of carbonyl (C=O) groups is 4. The first-order valence-electron chi connectivity index (χ1n) is 9.49. The summed E-state index contributed by atoms with van der Waals surface area (Å²) in [4.78, 5) is 48.7. The lowest BCUT2D eigenvalue weighted by molar-refractivity contribution is -0.148. The zero-order valence-electron chi connectivity index (χ0n) is 17.6. The number of furan rings is 1. The fraction of sp³-hybridized carbons (Fsp3) is 0.364. The van der Waals surface area contributed by atoms with Crippen molar-refractivity contribution in [1.29, 1.82) is 0 Å². The molecular weight excluding hydrogens is 388 g/mol. The largest absolute Gasteiger partial charge is 0.459 e. The molecule has 2 rings (SSSR count). The van der Waals surface area contributed by atoms with Gasteiger partial charge in [-0.2, -0.15) is 0 Å². The van der Waals surface area contributed by atoms with Crippen molar-refractivity contribution in [3.8, 4) is 0 Å². The van der Waals surface area contributed by atoms with Crippen molar-refractivity contribution < 1.29 is 28.3 Å². The van der Waals surface area contributed by atoms with Crippen molar-refractivity contribution in [2.45, 2.75) is 46.8 Å². The van der Waals surface area contributed by atoms with Crippen LogP contribution < -0.4 is 10.6 Å². The molecule has 2 amide bonds. The Bertz CT molecular complexity index is 910. The molecule has 1 aromatic heterocycles. The smallest absolute Gasteiger partial charge is 0.329 e. The first kappa shape index (κ1) is 22.9. The van der Waals surface area contributed by atoms with E-state index in [9.17, 15) is 19.2 Å². The maximum Gasteiger partial charge on any atom is 0.329 e. The van der Waals surface area contributed by atoms with Gasteiger partial charge in [-0.25, -0.2) is 4.79 Å². The normalized spacial score (nSPS) is 13.1. The highest BCUT2D eigenvalue weighted by Crippen LogP contribution is 2.18. The van der Waals surface area contributed by atoms with E-state index in [0.29, 0.717) is 11.3 Å². The number of rotatable bonds is 7. The lowest BCUT2D eigenvalue weighted by atomic mass is 9.95. The Labute approximate surface area is 175 Å². The highest BCUT2D eigenvalue weighted by Gasteiger charge is 2.25. The molecule has 0 bridgehead atoms. The molecule has 0 aliphatic heterocycles. The zero-order chi connectivity index (χ0) is 22.5. The van der Waals surface area contributed by atoms with Gasteiger partial charge < -0.3 is 19.8 Å². The fourth-order valence-electron chi connectivity index (χ4n) is 2.34. The molecule has 0 aliphatic carbocycles. The minimum Gasteiger partial charge on any atom is -0.459 e. The molecule has 2 N–H and O–H groups in total. The van der Waals surface area contributed by atoms with Crippen LogP contribution in [0.25, 0.3) is 0 Å². The van der Waals surface area contributed by atoms with Crippen LogP contribution in [0.5, 0.6) is 0 Å². The average Bonchev–Trinajstić information content (AvgIpc) is 3.22. The first-order valence-corrected chi connectivity index (χ1v) is 9.49. The molecule has 8 nitrogen and oxygen atoms in total. The van der Waals surface area contributed by atoms with Gasteiger partial charge in [0.15, 0.2) is 11.9 Å². The van der Waals surface area contributed by atoms with Gasteiger partial charge in [-0.1, -0.05) is 20.8 Å². The number of Topliss-reactive ketones (excluding diaryl/α,β-unsaturated/α-hetero) is 1. The molecule has 1 unspecified atom stereocenters. The molecular formula is C22H26N2O6. The third-order valence-electron chi connectivity index (χ3n) is 4.22. The molecule has 0 fully saturated rings. The summed E-state index contributed by atoms with van der Waals surface area (Å²) in [5.41, 5.74) is 0.349. The van der Waals surface area contributed by atoms with Gasteiger partial charge in [0.1, 0.15) is 6.04 Å². The van der Waals surface area contributed by atoms with E-state index in [1.54, 1.807) is 51.1 Å². The Hall–Kier alpha value is -3.42. The molecule has 0 aliphatic rings. The van der Waals surface area contributed by atoms with Crippen LogP contribution in [0.15, 0.2) is 47.1 Å². The van der Waals surface area contributed by atoms with Gasteiger partial charge in [-0.15, -0.1) is 0 Å². The number of hydrogen-bond donors (Lipinski definition) is 2. The second-order valence-corrected chi connectivity index (χ2v) is 7.90. The molecule has 0 spiro atoms. The number of esters is 1. The lowest BCUT2D eigenvalue weighted by Crippen LogP contribution is -2.41. The number of amides is 2. The second kappa shape index (κ2) is 9.39. The summed E-state index contributed by atoms with van der Waals surface area (Å²) in [6, 6.07) is 8.37. The summed E-state index contributed by atoms with van der Waals surface area (Å²) in [7, 11) is 0. The van der Waals surface area contributed by atoms with Crippen molar-refractivity contribution >= 4 is 29.3 Å². The molecule has 30 heavy (non-hydrogen) atoms. The highest BCUT2D eigenvalue weighted by molar-refractivity contribution is 6.01. The van der Waals surface area contributed by atoms with Gasteiger partial charge in [-0.3, -0.25) is 14.4 Å². The predicted molar refractivity (Wildman–Crippen MR) is 110 cm³/mol. The number of carbonyl (C=O) groups excluding carboxylic acids is 4. The number of hydrogen-bond acceptors (Lipinski definition) is 6. The summed E-state index contributed by atoms with van der Waals surface area (Å²) in [6.07, 6.45) is 0.300. The molecule has 2 aromatic rings. The Balaban J connectivity index is 1.92. The van der Waals surface area contributed by atoms with Gasteiger partial charge in [0, 0.05) is 16.7 Å². The van der Waals surface area contributed by atoms with E-state index in [1.165, 1.54) is 26.2 Å². The van der Waals surface area contributed by atoms with Crippen LogP contribution in [0.3, 0.4) is 0 Å². The summed E-state index contributed by atoms with van der Waals surface area (Å²) in [5.74, 6) is -1.78. The molecule has 0 saturated heterocycles. The maximum atomic E-state index is 12.5. The van der Waals surface area contributed by atoms with E-state index in [4.69, 9.17) is 9.15 Å². The van der Waals surface area contributed by atoms with E-state index in [2.05, 4.69) is 10.6 Å². The highest BCUT2D eigenvalue weighted by atomic mass is 16.5. The first-order chi connectivity index (χ1) is 14.0. The third-order valence-corrected chi connectivity index (χ3v) is 4.22. The molecule has 1 aromatic carbocycles. The number of nitrogens with one attached hydrogen (secondary N) is 2. The van der Waals surface area contributed by atoms with Crippen molar-refractivity contribution in [1.82, 2.24) is 5.32 Å². The van der Waals surface area contributed by atoms with Gasteiger partial charge in [0.2, 0.25) is 11.7 Å². The second-order valence-electron chi connectivity index (χ2n) is 7.90. The topological polar surface area (TPSA) is 115 Å². The molecule has 1 heterocycles. The van der Waals surface area contributed by atoms with Crippen molar-refractivity contribution in [2.24, 2.45) is 5.41 Å². The summed E-state index contributed by atoms with van der Waals surface area (Å²) in [5, 5.41) is 5.22. The summed E-state index contributed by atoms with van der Waals surface area (Å²) in [6.45, 7) is 8.31. The molecule has 0 radical (unpaired) electrons. The Morgan fingerprint density at radius 2 is 1.63 bits per heavy atom. The maximum absolute atomic E-state index is 12.5. The fourth-order valence-corrected chi connectivity index (χ4v) is 2.34.